The molecule has 1 saturated heterocycles. The molecular formula is C17H24N4O2. The maximum absolute atomic E-state index is 11.9. The normalized spacial score (nSPS) is 14.8. The fourth-order valence-corrected chi connectivity index (χ4v) is 2.54. The van der Waals surface area contributed by atoms with E-state index in [9.17, 15) is 9.59 Å². The molecule has 0 aliphatic carbocycles. The van der Waals surface area contributed by atoms with Crippen LogP contribution >= 0.6 is 0 Å². The van der Waals surface area contributed by atoms with Crippen molar-refractivity contribution in [3.63, 3.8) is 0 Å². The minimum absolute atomic E-state index is 0.0667. The summed E-state index contributed by atoms with van der Waals surface area (Å²) in [7, 11) is 0. The first-order valence-electron chi connectivity index (χ1n) is 7.89. The van der Waals surface area contributed by atoms with Gasteiger partial charge in [0.2, 0.25) is 5.91 Å². The van der Waals surface area contributed by atoms with Gasteiger partial charge in [0.25, 0.3) is 5.91 Å². The average Bonchev–Trinajstić information content (AvgIpc) is 2.54. The van der Waals surface area contributed by atoms with Crippen LogP contribution in [-0.2, 0) is 9.59 Å². The van der Waals surface area contributed by atoms with E-state index in [-0.39, 0.29) is 11.8 Å². The highest BCUT2D eigenvalue weighted by Gasteiger charge is 2.13. The summed E-state index contributed by atoms with van der Waals surface area (Å²) in [5.74, 6) is -0.178. The summed E-state index contributed by atoms with van der Waals surface area (Å²) >= 11 is 0. The summed E-state index contributed by atoms with van der Waals surface area (Å²) < 4.78 is 0. The number of carbonyl (C=O) groups excluding carboxylic acids is 2. The highest BCUT2D eigenvalue weighted by Crippen LogP contribution is 2.14. The molecule has 6 nitrogen and oxygen atoms in total. The Balaban J connectivity index is 1.77. The second kappa shape index (κ2) is 8.33. The predicted octanol–water partition coefficient (Wildman–Crippen LogP) is 1.72. The van der Waals surface area contributed by atoms with Crippen molar-refractivity contribution < 1.29 is 9.59 Å². The Kier molecular flexibility index (Phi) is 6.17. The van der Waals surface area contributed by atoms with Gasteiger partial charge in [0.1, 0.15) is 0 Å². The maximum Gasteiger partial charge on any atom is 0.252 e. The van der Waals surface area contributed by atoms with Crippen LogP contribution in [0.4, 0.5) is 5.69 Å². The van der Waals surface area contributed by atoms with E-state index in [4.69, 9.17) is 0 Å². The summed E-state index contributed by atoms with van der Waals surface area (Å²) in [4.78, 5) is 25.1. The zero-order chi connectivity index (χ0) is 16.7. The lowest BCUT2D eigenvalue weighted by Crippen LogP contribution is -2.44. The standard InChI is InChI=1S/C17H24N4O2/c1-13(15-6-8-16(9-7-15)18-14(2)22)19-20-17(23)12-21-10-4-3-5-11-21/h6-9,19H,1,3-5,10-12H2,2H3,(H,18,22)(H,20,23). The summed E-state index contributed by atoms with van der Waals surface area (Å²) in [6.07, 6.45) is 3.57. The van der Waals surface area contributed by atoms with E-state index < -0.39 is 0 Å². The highest BCUT2D eigenvalue weighted by atomic mass is 16.2. The smallest absolute Gasteiger partial charge is 0.252 e. The minimum atomic E-state index is -0.111. The molecular weight excluding hydrogens is 292 g/mol. The first-order valence-corrected chi connectivity index (χ1v) is 7.89. The minimum Gasteiger partial charge on any atom is -0.326 e. The second-order valence-electron chi connectivity index (χ2n) is 5.75. The Morgan fingerprint density at radius 1 is 1.09 bits per heavy atom. The average molecular weight is 316 g/mol. The van der Waals surface area contributed by atoms with Crippen molar-refractivity contribution in [3.05, 3.63) is 36.4 Å². The Hall–Kier alpha value is -2.34. The van der Waals surface area contributed by atoms with Crippen LogP contribution in [0.5, 0.6) is 0 Å². The van der Waals surface area contributed by atoms with Crippen LogP contribution in [0.25, 0.3) is 5.70 Å². The quantitative estimate of drug-likeness (QED) is 0.699. The van der Waals surface area contributed by atoms with Gasteiger partial charge in [-0.05, 0) is 43.6 Å². The van der Waals surface area contributed by atoms with Crippen LogP contribution in [0.2, 0.25) is 0 Å². The number of likely N-dealkylation sites (tertiary alicyclic amines) is 1. The van der Waals surface area contributed by atoms with Gasteiger partial charge in [-0.2, -0.15) is 0 Å². The van der Waals surface area contributed by atoms with Crippen LogP contribution in [-0.4, -0.2) is 36.3 Å². The third-order valence-electron chi connectivity index (χ3n) is 3.72. The lowest BCUT2D eigenvalue weighted by Gasteiger charge is -2.25. The van der Waals surface area contributed by atoms with Crippen molar-refractivity contribution >= 4 is 23.2 Å². The summed E-state index contributed by atoms with van der Waals surface area (Å²) in [6, 6.07) is 7.24. The maximum atomic E-state index is 11.9. The van der Waals surface area contributed by atoms with Crippen LogP contribution in [0.1, 0.15) is 31.7 Å². The molecule has 0 aromatic heterocycles. The number of piperidine rings is 1. The Morgan fingerprint density at radius 2 is 1.74 bits per heavy atom. The summed E-state index contributed by atoms with van der Waals surface area (Å²) in [6.45, 7) is 7.75. The molecule has 124 valence electrons. The second-order valence-corrected chi connectivity index (χ2v) is 5.75. The molecule has 0 atom stereocenters. The molecule has 0 bridgehead atoms. The molecule has 0 spiro atoms. The van der Waals surface area contributed by atoms with E-state index in [0.29, 0.717) is 12.2 Å². The highest BCUT2D eigenvalue weighted by molar-refractivity contribution is 5.88. The number of anilines is 1. The van der Waals surface area contributed by atoms with Crippen molar-refractivity contribution in [2.75, 3.05) is 25.0 Å². The molecule has 6 heteroatoms. The third-order valence-corrected chi connectivity index (χ3v) is 3.72. The van der Waals surface area contributed by atoms with Crippen molar-refractivity contribution in [1.29, 1.82) is 0 Å². The molecule has 1 fully saturated rings. The van der Waals surface area contributed by atoms with Gasteiger partial charge in [0.05, 0.1) is 12.2 Å². The van der Waals surface area contributed by atoms with E-state index >= 15 is 0 Å². The SMILES string of the molecule is C=C(NNC(=O)CN1CCCCC1)c1ccc(NC(C)=O)cc1. The Morgan fingerprint density at radius 3 is 2.35 bits per heavy atom. The number of hydrogen-bond acceptors (Lipinski definition) is 4. The van der Waals surface area contributed by atoms with Gasteiger partial charge in [-0.1, -0.05) is 25.1 Å². The van der Waals surface area contributed by atoms with Gasteiger partial charge in [-0.15, -0.1) is 0 Å². The fourth-order valence-electron chi connectivity index (χ4n) is 2.54. The predicted molar refractivity (Wildman–Crippen MR) is 91.3 cm³/mol. The van der Waals surface area contributed by atoms with Crippen LogP contribution < -0.4 is 16.2 Å². The first-order chi connectivity index (χ1) is 11.0. The fraction of sp³-hybridized carbons (Fsp3) is 0.412. The molecule has 1 heterocycles. The van der Waals surface area contributed by atoms with Gasteiger partial charge >= 0.3 is 0 Å². The number of nitrogens with one attached hydrogen (secondary N) is 3. The molecule has 2 amide bonds. The molecule has 1 aliphatic heterocycles. The van der Waals surface area contributed by atoms with E-state index in [1.807, 2.05) is 12.1 Å². The van der Waals surface area contributed by atoms with Gasteiger partial charge < -0.3 is 5.32 Å². The zero-order valence-electron chi connectivity index (χ0n) is 13.5. The molecule has 1 aliphatic rings. The molecule has 2 rings (SSSR count). The zero-order valence-corrected chi connectivity index (χ0v) is 13.5. The number of carbonyl (C=O) groups is 2. The molecule has 0 unspecified atom stereocenters. The Bertz CT molecular complexity index is 562. The number of hydrogen-bond donors (Lipinski definition) is 3. The van der Waals surface area contributed by atoms with E-state index in [0.717, 1.165) is 37.2 Å². The number of amides is 2. The van der Waals surface area contributed by atoms with E-state index in [1.54, 1.807) is 12.1 Å². The van der Waals surface area contributed by atoms with Crippen molar-refractivity contribution in [2.45, 2.75) is 26.2 Å². The molecule has 0 saturated carbocycles. The van der Waals surface area contributed by atoms with Crippen molar-refractivity contribution in [3.8, 4) is 0 Å². The lowest BCUT2D eigenvalue weighted by atomic mass is 10.1. The first kappa shape index (κ1) is 17.0. The number of nitrogens with zero attached hydrogens (tertiary/aromatic N) is 1. The molecule has 23 heavy (non-hydrogen) atoms. The van der Waals surface area contributed by atoms with E-state index in [2.05, 4.69) is 27.6 Å². The molecule has 1 aromatic carbocycles. The number of rotatable bonds is 6. The number of hydrazine groups is 1. The monoisotopic (exact) mass is 316 g/mol. The van der Waals surface area contributed by atoms with Crippen molar-refractivity contribution in [1.82, 2.24) is 15.8 Å². The van der Waals surface area contributed by atoms with Crippen LogP contribution in [0.15, 0.2) is 30.8 Å². The topological polar surface area (TPSA) is 73.5 Å². The Labute approximate surface area is 136 Å². The van der Waals surface area contributed by atoms with Crippen LogP contribution in [0.3, 0.4) is 0 Å². The van der Waals surface area contributed by atoms with Gasteiger partial charge in [-0.25, -0.2) is 0 Å². The molecule has 1 aromatic rings. The molecule has 3 N–H and O–H groups in total. The number of benzene rings is 1. The largest absolute Gasteiger partial charge is 0.326 e. The third kappa shape index (κ3) is 5.75. The lowest BCUT2D eigenvalue weighted by molar-refractivity contribution is -0.123. The summed E-state index contributed by atoms with van der Waals surface area (Å²) in [5, 5.41) is 2.70. The van der Waals surface area contributed by atoms with Crippen LogP contribution in [0, 0.1) is 0 Å². The van der Waals surface area contributed by atoms with Gasteiger partial charge in [0.15, 0.2) is 0 Å². The van der Waals surface area contributed by atoms with E-state index in [1.165, 1.54) is 13.3 Å². The molecule has 0 radical (unpaired) electrons. The van der Waals surface area contributed by atoms with Gasteiger partial charge in [0, 0.05) is 12.6 Å². The van der Waals surface area contributed by atoms with Crippen molar-refractivity contribution in [2.24, 2.45) is 0 Å². The summed E-state index contributed by atoms with van der Waals surface area (Å²) in [5.41, 5.74) is 7.69. The van der Waals surface area contributed by atoms with Gasteiger partial charge in [-0.3, -0.25) is 25.3 Å².